The number of benzene rings is 2. The molecule has 1 aliphatic heterocycles. The van der Waals surface area contributed by atoms with Crippen LogP contribution in [0.1, 0.15) is 23.6 Å². The summed E-state index contributed by atoms with van der Waals surface area (Å²) in [5.74, 6) is 0. The largest absolute Gasteiger partial charge is 0.315 e. The minimum Gasteiger partial charge on any atom is -0.315 e. The molecule has 3 rings (SSSR count). The molecule has 2 nitrogen and oxygen atoms in total. The van der Waals surface area contributed by atoms with E-state index in [1.807, 2.05) is 12.1 Å². The van der Waals surface area contributed by atoms with Crippen molar-refractivity contribution in [1.82, 2.24) is 10.2 Å². The highest BCUT2D eigenvalue weighted by Gasteiger charge is 2.23. The van der Waals surface area contributed by atoms with Gasteiger partial charge in [0.2, 0.25) is 0 Å². The van der Waals surface area contributed by atoms with Crippen LogP contribution in [0.15, 0.2) is 47.4 Å². The van der Waals surface area contributed by atoms with Crippen LogP contribution in [0.5, 0.6) is 0 Å². The van der Waals surface area contributed by atoms with Gasteiger partial charge in [0.1, 0.15) is 0 Å². The number of thioether (sulfide) groups is 1. The molecular formula is C19H22Cl2N2S. The van der Waals surface area contributed by atoms with Crippen LogP contribution >= 0.6 is 35.0 Å². The molecule has 5 heteroatoms. The summed E-state index contributed by atoms with van der Waals surface area (Å²) in [5.41, 5.74) is 2.50. The van der Waals surface area contributed by atoms with Gasteiger partial charge in [-0.25, -0.2) is 0 Å². The zero-order valence-corrected chi connectivity index (χ0v) is 16.1. The van der Waals surface area contributed by atoms with Crippen LogP contribution in [0.3, 0.4) is 0 Å². The molecule has 0 radical (unpaired) electrons. The fraction of sp³-hybridized carbons (Fsp3) is 0.368. The average Bonchev–Trinajstić information content (AvgIpc) is 2.88. The zero-order valence-electron chi connectivity index (χ0n) is 13.8. The lowest BCUT2D eigenvalue weighted by Gasteiger charge is -2.31. The van der Waals surface area contributed by atoms with Crippen molar-refractivity contribution in [3.8, 4) is 0 Å². The molecule has 1 aliphatic rings. The molecule has 0 aliphatic carbocycles. The lowest BCUT2D eigenvalue weighted by atomic mass is 9.96. The molecule has 0 bridgehead atoms. The summed E-state index contributed by atoms with van der Waals surface area (Å²) in [6.45, 7) is 4.19. The molecule has 0 aromatic heterocycles. The van der Waals surface area contributed by atoms with Gasteiger partial charge in [-0.3, -0.25) is 4.90 Å². The van der Waals surface area contributed by atoms with Gasteiger partial charge in [-0.1, -0.05) is 41.4 Å². The molecule has 0 saturated carbocycles. The van der Waals surface area contributed by atoms with Crippen molar-refractivity contribution in [3.05, 3.63) is 63.6 Å². The second kappa shape index (κ2) is 8.59. The van der Waals surface area contributed by atoms with Crippen molar-refractivity contribution in [1.29, 1.82) is 0 Å². The summed E-state index contributed by atoms with van der Waals surface area (Å²) in [6.07, 6.45) is 3.26. The number of nitrogens with one attached hydrogen (secondary N) is 1. The molecule has 128 valence electrons. The van der Waals surface area contributed by atoms with Crippen LogP contribution in [-0.2, 0) is 0 Å². The Balaban J connectivity index is 1.99. The van der Waals surface area contributed by atoms with E-state index in [-0.39, 0.29) is 6.04 Å². The lowest BCUT2D eigenvalue weighted by Crippen LogP contribution is -2.33. The van der Waals surface area contributed by atoms with Crippen LogP contribution in [0.25, 0.3) is 0 Å². The van der Waals surface area contributed by atoms with Crippen molar-refractivity contribution in [3.63, 3.8) is 0 Å². The Morgan fingerprint density at radius 3 is 2.42 bits per heavy atom. The van der Waals surface area contributed by atoms with Crippen LogP contribution in [0.4, 0.5) is 0 Å². The monoisotopic (exact) mass is 380 g/mol. The summed E-state index contributed by atoms with van der Waals surface area (Å²) < 4.78 is 0. The highest BCUT2D eigenvalue weighted by Crippen LogP contribution is 2.33. The summed E-state index contributed by atoms with van der Waals surface area (Å²) in [4.78, 5) is 3.82. The first-order valence-electron chi connectivity index (χ1n) is 8.22. The van der Waals surface area contributed by atoms with E-state index in [1.165, 1.54) is 16.0 Å². The van der Waals surface area contributed by atoms with Gasteiger partial charge in [0.25, 0.3) is 0 Å². The first-order valence-corrected chi connectivity index (χ1v) is 10.2. The standard InChI is InChI=1S/C19H22Cl2N2S/c1-24-16-6-3-14(4-7-16)19(23-11-2-9-22-10-12-23)15-5-8-17(20)18(21)13-15/h3-8,13,19,22H,2,9-12H2,1H3. The van der Waals surface area contributed by atoms with Crippen LogP contribution in [0, 0.1) is 0 Å². The van der Waals surface area contributed by atoms with Gasteiger partial charge in [0, 0.05) is 24.5 Å². The van der Waals surface area contributed by atoms with E-state index >= 15 is 0 Å². The van der Waals surface area contributed by atoms with Gasteiger partial charge in [0.05, 0.1) is 16.1 Å². The van der Waals surface area contributed by atoms with Gasteiger partial charge in [-0.05, 0) is 54.6 Å². The fourth-order valence-corrected chi connectivity index (χ4v) is 3.92. The molecular weight excluding hydrogens is 359 g/mol. The SMILES string of the molecule is CSc1ccc(C(c2ccc(Cl)c(Cl)c2)N2CCCNCC2)cc1. The van der Waals surface area contributed by atoms with Crippen molar-refractivity contribution < 1.29 is 0 Å². The van der Waals surface area contributed by atoms with Crippen LogP contribution < -0.4 is 5.32 Å². The van der Waals surface area contributed by atoms with Gasteiger partial charge < -0.3 is 5.32 Å². The van der Waals surface area contributed by atoms with E-state index in [0.717, 1.165) is 32.6 Å². The van der Waals surface area contributed by atoms with E-state index in [9.17, 15) is 0 Å². The highest BCUT2D eigenvalue weighted by atomic mass is 35.5. The molecule has 2 aromatic rings. The Morgan fingerprint density at radius 2 is 1.71 bits per heavy atom. The Labute approximate surface area is 158 Å². The number of hydrogen-bond donors (Lipinski definition) is 1. The molecule has 1 unspecified atom stereocenters. The molecule has 0 amide bonds. The fourth-order valence-electron chi connectivity index (χ4n) is 3.21. The highest BCUT2D eigenvalue weighted by molar-refractivity contribution is 7.98. The predicted octanol–water partition coefficient (Wildman–Crippen LogP) is 5.10. The summed E-state index contributed by atoms with van der Waals surface area (Å²) >= 11 is 14.2. The molecule has 24 heavy (non-hydrogen) atoms. The molecule has 1 saturated heterocycles. The minimum absolute atomic E-state index is 0.204. The van der Waals surface area contributed by atoms with Gasteiger partial charge in [-0.15, -0.1) is 11.8 Å². The Kier molecular flexibility index (Phi) is 6.48. The minimum atomic E-state index is 0.204. The zero-order chi connectivity index (χ0) is 16.9. The third-order valence-corrected chi connectivity index (χ3v) is 5.91. The number of hydrogen-bond acceptors (Lipinski definition) is 3. The lowest BCUT2D eigenvalue weighted by molar-refractivity contribution is 0.241. The van der Waals surface area contributed by atoms with Crippen molar-refractivity contribution in [2.24, 2.45) is 0 Å². The topological polar surface area (TPSA) is 15.3 Å². The Hall–Kier alpha value is -0.710. The Morgan fingerprint density at radius 1 is 0.958 bits per heavy atom. The van der Waals surface area contributed by atoms with Crippen LogP contribution in [0.2, 0.25) is 10.0 Å². The maximum atomic E-state index is 6.30. The van der Waals surface area contributed by atoms with Gasteiger partial charge >= 0.3 is 0 Å². The molecule has 1 heterocycles. The number of nitrogens with zero attached hydrogens (tertiary/aromatic N) is 1. The molecule has 0 spiro atoms. The van der Waals surface area contributed by atoms with Crippen molar-refractivity contribution in [2.45, 2.75) is 17.4 Å². The smallest absolute Gasteiger partial charge is 0.0602 e. The number of halogens is 2. The maximum Gasteiger partial charge on any atom is 0.0602 e. The molecule has 1 N–H and O–H groups in total. The second-order valence-corrected chi connectivity index (χ2v) is 7.68. The first-order chi connectivity index (χ1) is 11.7. The third-order valence-electron chi connectivity index (χ3n) is 4.43. The van der Waals surface area contributed by atoms with E-state index in [0.29, 0.717) is 10.0 Å². The normalized spacial score (nSPS) is 17.5. The van der Waals surface area contributed by atoms with E-state index < -0.39 is 0 Å². The number of rotatable bonds is 4. The Bertz CT molecular complexity index is 668. The summed E-state index contributed by atoms with van der Waals surface area (Å²) in [6, 6.07) is 15.1. The quantitative estimate of drug-likeness (QED) is 0.742. The van der Waals surface area contributed by atoms with E-state index in [2.05, 4.69) is 46.8 Å². The van der Waals surface area contributed by atoms with E-state index in [1.54, 1.807) is 11.8 Å². The van der Waals surface area contributed by atoms with Crippen LogP contribution in [-0.4, -0.2) is 37.3 Å². The van der Waals surface area contributed by atoms with Gasteiger partial charge in [-0.2, -0.15) is 0 Å². The predicted molar refractivity (Wildman–Crippen MR) is 106 cm³/mol. The summed E-state index contributed by atoms with van der Waals surface area (Å²) in [5, 5.41) is 4.71. The van der Waals surface area contributed by atoms with Crippen molar-refractivity contribution >= 4 is 35.0 Å². The third kappa shape index (κ3) is 4.27. The van der Waals surface area contributed by atoms with Gasteiger partial charge in [0.15, 0.2) is 0 Å². The summed E-state index contributed by atoms with van der Waals surface area (Å²) in [7, 11) is 0. The molecule has 1 atom stereocenters. The van der Waals surface area contributed by atoms with Crippen molar-refractivity contribution in [2.75, 3.05) is 32.4 Å². The second-order valence-electron chi connectivity index (χ2n) is 5.99. The van der Waals surface area contributed by atoms with E-state index in [4.69, 9.17) is 23.2 Å². The maximum absolute atomic E-state index is 6.30. The first kappa shape index (κ1) is 18.1. The molecule has 2 aromatic carbocycles. The molecule has 1 fully saturated rings. The average molecular weight is 381 g/mol.